The fraction of sp³-hybridized carbons (Fsp3) is 0.385. The molecule has 0 atom stereocenters. The number of nitrogens with one attached hydrogen (secondary N) is 1. The van der Waals surface area contributed by atoms with Crippen molar-refractivity contribution in [1.82, 2.24) is 9.55 Å². The van der Waals surface area contributed by atoms with E-state index >= 15 is 0 Å². The van der Waals surface area contributed by atoms with Crippen LogP contribution in [-0.2, 0) is 13.0 Å². The smallest absolute Gasteiger partial charge is 0.135 e. The molecule has 2 aromatic rings. The van der Waals surface area contributed by atoms with Crippen LogP contribution in [0.4, 0.5) is 0 Å². The highest BCUT2D eigenvalue weighted by molar-refractivity contribution is 5.80. The quantitative estimate of drug-likeness (QED) is 0.716. The molecule has 0 spiro atoms. The van der Waals surface area contributed by atoms with E-state index < -0.39 is 0 Å². The molecule has 0 aliphatic carbocycles. The second kappa shape index (κ2) is 3.44. The Morgan fingerprint density at radius 1 is 1.31 bits per heavy atom. The maximum absolute atomic E-state index is 8.28. The second-order valence-corrected chi connectivity index (χ2v) is 4.45. The lowest BCUT2D eigenvalue weighted by Crippen LogP contribution is -2.28. The summed E-state index contributed by atoms with van der Waals surface area (Å²) in [6.45, 7) is 3.00. The molecular formula is C13H15N3. The Labute approximate surface area is 94.3 Å². The molecule has 1 aliphatic heterocycles. The van der Waals surface area contributed by atoms with Gasteiger partial charge in [0, 0.05) is 18.4 Å². The first-order valence-electron chi connectivity index (χ1n) is 5.81. The van der Waals surface area contributed by atoms with Crippen molar-refractivity contribution in [2.45, 2.75) is 32.7 Å². The Kier molecular flexibility index (Phi) is 2.06. The van der Waals surface area contributed by atoms with Gasteiger partial charge in [-0.3, -0.25) is 5.41 Å². The van der Waals surface area contributed by atoms with E-state index in [0.717, 1.165) is 35.3 Å². The number of nitrogens with zero attached hydrogens (tertiary/aromatic N) is 2. The fourth-order valence-electron chi connectivity index (χ4n) is 2.50. The summed E-state index contributed by atoms with van der Waals surface area (Å²) in [7, 11) is 0. The molecule has 1 N–H and O–H groups in total. The Balaban J connectivity index is 2.45. The normalized spacial score (nSPS) is 15.1. The van der Waals surface area contributed by atoms with Crippen LogP contribution in [0.25, 0.3) is 10.9 Å². The summed E-state index contributed by atoms with van der Waals surface area (Å²) < 4.78 is 2.07. The summed E-state index contributed by atoms with van der Waals surface area (Å²) in [4.78, 5) is 4.68. The topological polar surface area (TPSA) is 41.7 Å². The van der Waals surface area contributed by atoms with Gasteiger partial charge < -0.3 is 4.57 Å². The summed E-state index contributed by atoms with van der Waals surface area (Å²) in [6, 6.07) is 6.08. The number of hydrogen-bond donors (Lipinski definition) is 1. The van der Waals surface area contributed by atoms with Crippen LogP contribution < -0.4 is 5.49 Å². The highest BCUT2D eigenvalue weighted by atomic mass is 15.1. The van der Waals surface area contributed by atoms with Gasteiger partial charge in [0.2, 0.25) is 0 Å². The minimum atomic E-state index is 0.637. The highest BCUT2D eigenvalue weighted by Crippen LogP contribution is 2.16. The van der Waals surface area contributed by atoms with Crippen LogP contribution in [0.2, 0.25) is 0 Å². The molecule has 1 aromatic heterocycles. The van der Waals surface area contributed by atoms with Gasteiger partial charge in [0.15, 0.2) is 0 Å². The van der Waals surface area contributed by atoms with Gasteiger partial charge >= 0.3 is 0 Å². The average molecular weight is 213 g/mol. The van der Waals surface area contributed by atoms with E-state index in [1.807, 2.05) is 12.1 Å². The number of aryl methyl sites for hydroxylation is 2. The number of rotatable bonds is 0. The van der Waals surface area contributed by atoms with Crippen LogP contribution in [0.3, 0.4) is 0 Å². The minimum Gasteiger partial charge on any atom is -0.314 e. The number of benzene rings is 1. The third-order valence-electron chi connectivity index (χ3n) is 3.35. The third kappa shape index (κ3) is 1.28. The lowest BCUT2D eigenvalue weighted by atomic mass is 10.1. The van der Waals surface area contributed by atoms with Crippen LogP contribution in [0, 0.1) is 12.3 Å². The van der Waals surface area contributed by atoms with Gasteiger partial charge in [0.1, 0.15) is 11.3 Å². The van der Waals surface area contributed by atoms with E-state index in [1.54, 1.807) is 0 Å². The molecule has 82 valence electrons. The van der Waals surface area contributed by atoms with Crippen LogP contribution >= 0.6 is 0 Å². The van der Waals surface area contributed by atoms with E-state index in [1.165, 1.54) is 12.8 Å². The van der Waals surface area contributed by atoms with Gasteiger partial charge in [-0.1, -0.05) is 12.1 Å². The van der Waals surface area contributed by atoms with Crippen molar-refractivity contribution in [2.75, 3.05) is 0 Å². The lowest BCUT2D eigenvalue weighted by molar-refractivity contribution is 0.493. The van der Waals surface area contributed by atoms with E-state index in [4.69, 9.17) is 5.41 Å². The highest BCUT2D eigenvalue weighted by Gasteiger charge is 2.13. The van der Waals surface area contributed by atoms with Crippen molar-refractivity contribution < 1.29 is 0 Å². The van der Waals surface area contributed by atoms with Crippen molar-refractivity contribution in [2.24, 2.45) is 0 Å². The Bertz CT molecular complexity index is 610. The number of aromatic nitrogens is 2. The number of hydrogen-bond acceptors (Lipinski definition) is 2. The standard InChI is InChI=1S/C13H15N3/c1-9-5-4-6-10-12(9)13(14)16-8-3-2-7-11(16)15-10/h4-6,14H,2-3,7-8H2,1H3. The molecule has 0 unspecified atom stereocenters. The Morgan fingerprint density at radius 3 is 3.06 bits per heavy atom. The number of fused-ring (bicyclic) bond motifs is 2. The Hall–Kier alpha value is -1.64. The van der Waals surface area contributed by atoms with Crippen molar-refractivity contribution >= 4 is 10.9 Å². The first-order chi connectivity index (χ1) is 7.77. The summed E-state index contributed by atoms with van der Waals surface area (Å²) in [5, 5.41) is 9.29. The van der Waals surface area contributed by atoms with Crippen LogP contribution in [-0.4, -0.2) is 9.55 Å². The predicted octanol–water partition coefficient (Wildman–Crippen LogP) is 2.16. The maximum Gasteiger partial charge on any atom is 0.135 e. The molecule has 16 heavy (non-hydrogen) atoms. The van der Waals surface area contributed by atoms with Gasteiger partial charge in [-0.25, -0.2) is 4.98 Å². The summed E-state index contributed by atoms with van der Waals surface area (Å²) >= 11 is 0. The van der Waals surface area contributed by atoms with Crippen molar-refractivity contribution in [3.63, 3.8) is 0 Å². The lowest BCUT2D eigenvalue weighted by Gasteiger charge is -2.19. The zero-order valence-electron chi connectivity index (χ0n) is 9.45. The van der Waals surface area contributed by atoms with Crippen LogP contribution in [0.15, 0.2) is 18.2 Å². The first-order valence-corrected chi connectivity index (χ1v) is 5.81. The molecule has 3 heteroatoms. The molecule has 0 radical (unpaired) electrons. The largest absolute Gasteiger partial charge is 0.314 e. The van der Waals surface area contributed by atoms with E-state index in [9.17, 15) is 0 Å². The van der Waals surface area contributed by atoms with Crippen molar-refractivity contribution in [3.05, 3.63) is 35.1 Å². The summed E-state index contributed by atoms with van der Waals surface area (Å²) in [6.07, 6.45) is 3.38. The van der Waals surface area contributed by atoms with E-state index in [0.29, 0.717) is 5.49 Å². The summed E-state index contributed by atoms with van der Waals surface area (Å²) in [5.74, 6) is 1.08. The SMILES string of the molecule is Cc1cccc2nc3n(c(=N)c12)CCCC3. The molecule has 0 saturated heterocycles. The van der Waals surface area contributed by atoms with Crippen molar-refractivity contribution in [1.29, 1.82) is 5.41 Å². The zero-order valence-corrected chi connectivity index (χ0v) is 9.45. The van der Waals surface area contributed by atoms with Crippen LogP contribution in [0.1, 0.15) is 24.2 Å². The average Bonchev–Trinajstić information content (AvgIpc) is 2.29. The van der Waals surface area contributed by atoms with Gasteiger partial charge in [-0.05, 0) is 31.4 Å². The molecular weight excluding hydrogens is 198 g/mol. The zero-order chi connectivity index (χ0) is 11.1. The molecule has 3 nitrogen and oxygen atoms in total. The van der Waals surface area contributed by atoms with E-state index in [2.05, 4.69) is 22.5 Å². The molecule has 0 amide bonds. The molecule has 1 aromatic carbocycles. The van der Waals surface area contributed by atoms with Gasteiger partial charge in [-0.2, -0.15) is 0 Å². The monoisotopic (exact) mass is 213 g/mol. The minimum absolute atomic E-state index is 0.637. The predicted molar refractivity (Wildman–Crippen MR) is 63.3 cm³/mol. The molecule has 1 aliphatic rings. The molecule has 0 fully saturated rings. The molecule has 0 bridgehead atoms. The van der Waals surface area contributed by atoms with Crippen molar-refractivity contribution in [3.8, 4) is 0 Å². The first kappa shape index (κ1) is 9.58. The van der Waals surface area contributed by atoms with Gasteiger partial charge in [-0.15, -0.1) is 0 Å². The summed E-state index contributed by atoms with van der Waals surface area (Å²) in [5.41, 5.74) is 2.76. The van der Waals surface area contributed by atoms with E-state index in [-0.39, 0.29) is 0 Å². The second-order valence-electron chi connectivity index (χ2n) is 4.45. The van der Waals surface area contributed by atoms with Gasteiger partial charge in [0.05, 0.1) is 5.52 Å². The fourth-order valence-corrected chi connectivity index (χ4v) is 2.50. The third-order valence-corrected chi connectivity index (χ3v) is 3.35. The van der Waals surface area contributed by atoms with Gasteiger partial charge in [0.25, 0.3) is 0 Å². The Morgan fingerprint density at radius 2 is 2.19 bits per heavy atom. The maximum atomic E-state index is 8.28. The molecule has 3 rings (SSSR count). The molecule has 0 saturated carbocycles. The van der Waals surface area contributed by atoms with Crippen LogP contribution in [0.5, 0.6) is 0 Å². The molecule has 2 heterocycles.